The standard InChI is InChI=1S/C25H33N2O9P/c1-16(2)22(27-25(31)34-15-18-9-6-5-7-10-18)37(32,33)36-21(23(28)29)20-12-8-11-19(13-20)14-26-24(30)35-17(3)4/h5-13,16-17,21-22H,14-15H2,1-4H3,(H,26,30)(H,27,31)(H,28,29)(H,32,33). The third-order valence-electron chi connectivity index (χ3n) is 4.98. The molecule has 0 bridgehead atoms. The van der Waals surface area contributed by atoms with Crippen molar-refractivity contribution in [1.82, 2.24) is 10.6 Å². The van der Waals surface area contributed by atoms with Crippen molar-refractivity contribution < 1.29 is 42.9 Å². The molecule has 3 unspecified atom stereocenters. The summed E-state index contributed by atoms with van der Waals surface area (Å²) in [6.07, 6.45) is -3.72. The van der Waals surface area contributed by atoms with Crippen LogP contribution in [0.25, 0.3) is 0 Å². The Morgan fingerprint density at radius 1 is 0.946 bits per heavy atom. The van der Waals surface area contributed by atoms with Crippen LogP contribution in [0.3, 0.4) is 0 Å². The molecule has 2 aromatic rings. The zero-order valence-corrected chi connectivity index (χ0v) is 22.0. The van der Waals surface area contributed by atoms with Crippen molar-refractivity contribution in [3.05, 3.63) is 71.3 Å². The van der Waals surface area contributed by atoms with Gasteiger partial charge in [0.25, 0.3) is 0 Å². The summed E-state index contributed by atoms with van der Waals surface area (Å²) in [5.74, 6) is -3.54. The molecule has 12 heteroatoms. The fourth-order valence-electron chi connectivity index (χ4n) is 3.27. The highest BCUT2D eigenvalue weighted by molar-refractivity contribution is 7.53. The Labute approximate surface area is 215 Å². The Morgan fingerprint density at radius 3 is 2.19 bits per heavy atom. The predicted octanol–water partition coefficient (Wildman–Crippen LogP) is 4.56. The number of rotatable bonds is 12. The molecular weight excluding hydrogens is 503 g/mol. The summed E-state index contributed by atoms with van der Waals surface area (Å²) in [7, 11) is -4.73. The number of ether oxygens (including phenoxy) is 2. The van der Waals surface area contributed by atoms with E-state index in [9.17, 15) is 28.9 Å². The molecule has 37 heavy (non-hydrogen) atoms. The summed E-state index contributed by atoms with van der Waals surface area (Å²) < 4.78 is 28.5. The predicted molar refractivity (Wildman–Crippen MR) is 135 cm³/mol. The van der Waals surface area contributed by atoms with E-state index in [1.54, 1.807) is 58.0 Å². The summed E-state index contributed by atoms with van der Waals surface area (Å²) in [6, 6.07) is 14.9. The molecule has 0 aromatic heterocycles. The lowest BCUT2D eigenvalue weighted by Gasteiger charge is -2.28. The molecule has 202 valence electrons. The summed E-state index contributed by atoms with van der Waals surface area (Å²) in [6.45, 7) is 6.53. The van der Waals surface area contributed by atoms with Crippen molar-refractivity contribution in [2.24, 2.45) is 5.92 Å². The first kappa shape index (κ1) is 29.8. The number of benzene rings is 2. The highest BCUT2D eigenvalue weighted by atomic mass is 31.2. The van der Waals surface area contributed by atoms with Gasteiger partial charge in [0.05, 0.1) is 6.10 Å². The van der Waals surface area contributed by atoms with Gasteiger partial charge in [-0.25, -0.2) is 14.4 Å². The summed E-state index contributed by atoms with van der Waals surface area (Å²) in [5, 5.41) is 14.6. The fourth-order valence-corrected chi connectivity index (χ4v) is 4.94. The number of alkyl carbamates (subject to hydrolysis) is 2. The molecule has 0 saturated carbocycles. The lowest BCUT2D eigenvalue weighted by atomic mass is 10.1. The van der Waals surface area contributed by atoms with Crippen LogP contribution in [0.5, 0.6) is 0 Å². The molecule has 2 rings (SSSR count). The molecule has 0 aliphatic rings. The zero-order valence-electron chi connectivity index (χ0n) is 21.1. The Balaban J connectivity index is 2.12. The lowest BCUT2D eigenvalue weighted by Crippen LogP contribution is -2.39. The maximum atomic E-state index is 13.2. The summed E-state index contributed by atoms with van der Waals surface area (Å²) >= 11 is 0. The van der Waals surface area contributed by atoms with E-state index in [2.05, 4.69) is 10.6 Å². The molecule has 2 aromatic carbocycles. The zero-order chi connectivity index (χ0) is 27.6. The van der Waals surface area contributed by atoms with Crippen molar-refractivity contribution in [1.29, 1.82) is 0 Å². The van der Waals surface area contributed by atoms with Gasteiger partial charge in [-0.3, -0.25) is 9.09 Å². The van der Waals surface area contributed by atoms with Crippen LogP contribution in [0.15, 0.2) is 54.6 Å². The second-order valence-corrected chi connectivity index (χ2v) is 10.7. The first-order valence-electron chi connectivity index (χ1n) is 11.6. The first-order chi connectivity index (χ1) is 17.4. The summed E-state index contributed by atoms with van der Waals surface area (Å²) in [5.41, 5.74) is 1.32. The van der Waals surface area contributed by atoms with Crippen LogP contribution < -0.4 is 10.6 Å². The van der Waals surface area contributed by atoms with Gasteiger partial charge in [-0.15, -0.1) is 0 Å². The van der Waals surface area contributed by atoms with E-state index >= 15 is 0 Å². The number of carbonyl (C=O) groups is 3. The van der Waals surface area contributed by atoms with Gasteiger partial charge < -0.3 is 30.1 Å². The van der Waals surface area contributed by atoms with E-state index in [1.165, 1.54) is 18.2 Å². The monoisotopic (exact) mass is 536 g/mol. The molecule has 11 nitrogen and oxygen atoms in total. The highest BCUT2D eigenvalue weighted by Crippen LogP contribution is 2.52. The fraction of sp³-hybridized carbons (Fsp3) is 0.400. The third-order valence-corrected chi connectivity index (χ3v) is 6.92. The molecule has 0 saturated heterocycles. The molecule has 0 heterocycles. The second kappa shape index (κ2) is 13.8. The van der Waals surface area contributed by atoms with Crippen molar-refractivity contribution in [3.63, 3.8) is 0 Å². The average molecular weight is 537 g/mol. The van der Waals surface area contributed by atoms with Gasteiger partial charge in [0.2, 0.25) is 0 Å². The van der Waals surface area contributed by atoms with Crippen LogP contribution in [0.2, 0.25) is 0 Å². The van der Waals surface area contributed by atoms with Gasteiger partial charge in [-0.2, -0.15) is 0 Å². The average Bonchev–Trinajstić information content (AvgIpc) is 2.83. The highest BCUT2D eigenvalue weighted by Gasteiger charge is 2.41. The molecular formula is C25H33N2O9P. The van der Waals surface area contributed by atoms with Gasteiger partial charge in [-0.05, 0) is 36.5 Å². The second-order valence-electron chi connectivity index (χ2n) is 8.84. The van der Waals surface area contributed by atoms with E-state index in [-0.39, 0.29) is 24.8 Å². The van der Waals surface area contributed by atoms with Crippen LogP contribution >= 0.6 is 7.60 Å². The minimum Gasteiger partial charge on any atom is -0.479 e. The lowest BCUT2D eigenvalue weighted by molar-refractivity contribution is -0.145. The normalized spacial score (nSPS) is 14.4. The molecule has 0 fully saturated rings. The van der Waals surface area contributed by atoms with Crippen LogP contribution in [-0.2, 0) is 36.5 Å². The number of amides is 2. The number of carboxylic acid groups (broad SMARTS) is 1. The summed E-state index contributed by atoms with van der Waals surface area (Å²) in [4.78, 5) is 46.8. The molecule has 2 amide bonds. The Morgan fingerprint density at radius 2 is 1.59 bits per heavy atom. The Hall–Kier alpha value is -3.40. The quantitative estimate of drug-likeness (QED) is 0.285. The number of hydrogen-bond donors (Lipinski definition) is 4. The SMILES string of the molecule is CC(C)OC(=O)NCc1cccc(C(OP(=O)(O)C(NC(=O)OCc2ccccc2)C(C)C)C(=O)O)c1. The van der Waals surface area contributed by atoms with E-state index < -0.39 is 43.6 Å². The number of nitrogens with one attached hydrogen (secondary N) is 2. The minimum absolute atomic E-state index is 0.0337. The number of carboxylic acids is 1. The van der Waals surface area contributed by atoms with Crippen LogP contribution in [-0.4, -0.2) is 40.0 Å². The van der Waals surface area contributed by atoms with E-state index in [4.69, 9.17) is 14.0 Å². The van der Waals surface area contributed by atoms with Crippen molar-refractivity contribution in [3.8, 4) is 0 Å². The molecule has 0 spiro atoms. The number of hydrogen-bond acceptors (Lipinski definition) is 7. The number of carbonyl (C=O) groups excluding carboxylic acids is 2. The van der Waals surface area contributed by atoms with E-state index in [1.807, 2.05) is 6.07 Å². The van der Waals surface area contributed by atoms with Crippen LogP contribution in [0, 0.1) is 5.92 Å². The van der Waals surface area contributed by atoms with E-state index in [0.717, 1.165) is 5.56 Å². The van der Waals surface area contributed by atoms with Gasteiger partial charge in [0.1, 0.15) is 12.4 Å². The molecule has 0 aliphatic heterocycles. The minimum atomic E-state index is -4.73. The van der Waals surface area contributed by atoms with Crippen LogP contribution in [0.4, 0.5) is 9.59 Å². The first-order valence-corrected chi connectivity index (χ1v) is 13.3. The molecule has 0 aliphatic carbocycles. The maximum absolute atomic E-state index is 13.2. The van der Waals surface area contributed by atoms with Gasteiger partial charge in [0, 0.05) is 6.54 Å². The molecule has 4 N–H and O–H groups in total. The van der Waals surface area contributed by atoms with Gasteiger partial charge >= 0.3 is 25.8 Å². The van der Waals surface area contributed by atoms with Crippen LogP contribution in [0.1, 0.15) is 50.5 Å². The topological polar surface area (TPSA) is 160 Å². The maximum Gasteiger partial charge on any atom is 0.408 e. The van der Waals surface area contributed by atoms with Gasteiger partial charge in [0.15, 0.2) is 6.10 Å². The largest absolute Gasteiger partial charge is 0.479 e. The Kier molecular flexibility index (Phi) is 11.1. The molecule has 0 radical (unpaired) electrons. The van der Waals surface area contributed by atoms with E-state index in [0.29, 0.717) is 5.56 Å². The smallest absolute Gasteiger partial charge is 0.408 e. The van der Waals surface area contributed by atoms with Gasteiger partial charge in [-0.1, -0.05) is 68.4 Å². The van der Waals surface area contributed by atoms with Crippen molar-refractivity contribution >= 4 is 25.8 Å². The molecule has 3 atom stereocenters. The third kappa shape index (κ3) is 9.87. The van der Waals surface area contributed by atoms with Crippen molar-refractivity contribution in [2.75, 3.05) is 0 Å². The Bertz CT molecular complexity index is 1110. The number of aliphatic carboxylic acids is 1. The van der Waals surface area contributed by atoms with Crippen molar-refractivity contribution in [2.45, 2.75) is 58.8 Å².